The van der Waals surface area contributed by atoms with Gasteiger partial charge in [-0.2, -0.15) is 0 Å². The van der Waals surface area contributed by atoms with Crippen LogP contribution in [0.1, 0.15) is 39.1 Å². The van der Waals surface area contributed by atoms with Gasteiger partial charge in [-0.05, 0) is 6.42 Å². The number of nitrogens with zero attached hydrogens (tertiary/aromatic N) is 4. The van der Waals surface area contributed by atoms with Gasteiger partial charge in [-0.3, -0.25) is 4.79 Å². The van der Waals surface area contributed by atoms with Gasteiger partial charge < -0.3 is 9.80 Å². The van der Waals surface area contributed by atoms with Gasteiger partial charge in [0.05, 0.1) is 0 Å². The Bertz CT molecular complexity index is 452. The van der Waals surface area contributed by atoms with Crippen LogP contribution in [0.4, 0.5) is 5.13 Å². The molecule has 0 aliphatic carbocycles. The molecular formula is C13H22N4OS. The first-order valence-corrected chi connectivity index (χ1v) is 7.54. The molecule has 19 heavy (non-hydrogen) atoms. The molecular weight excluding hydrogens is 260 g/mol. The van der Waals surface area contributed by atoms with Crippen LogP contribution in [0.2, 0.25) is 0 Å². The van der Waals surface area contributed by atoms with Crippen LogP contribution in [0.3, 0.4) is 0 Å². The first-order chi connectivity index (χ1) is 8.88. The van der Waals surface area contributed by atoms with E-state index >= 15 is 0 Å². The van der Waals surface area contributed by atoms with E-state index in [2.05, 4.69) is 35.9 Å². The van der Waals surface area contributed by atoms with E-state index in [9.17, 15) is 4.79 Å². The van der Waals surface area contributed by atoms with Crippen LogP contribution in [0.25, 0.3) is 0 Å². The highest BCUT2D eigenvalue weighted by atomic mass is 32.1. The third-order valence-corrected chi connectivity index (χ3v) is 4.68. The Morgan fingerprint density at radius 2 is 1.89 bits per heavy atom. The smallest absolute Gasteiger partial charge is 0.219 e. The molecule has 1 amide bonds. The fourth-order valence-corrected chi connectivity index (χ4v) is 3.02. The third-order valence-electron chi connectivity index (χ3n) is 3.27. The average Bonchev–Trinajstić information content (AvgIpc) is 2.67. The van der Waals surface area contributed by atoms with Gasteiger partial charge in [0.15, 0.2) is 0 Å². The molecule has 1 fully saturated rings. The Kier molecular flexibility index (Phi) is 4.08. The van der Waals surface area contributed by atoms with E-state index in [1.807, 2.05) is 4.90 Å². The van der Waals surface area contributed by atoms with Gasteiger partial charge in [0.25, 0.3) is 0 Å². The van der Waals surface area contributed by atoms with Crippen molar-refractivity contribution in [3.8, 4) is 0 Å². The zero-order valence-corrected chi connectivity index (χ0v) is 13.0. The van der Waals surface area contributed by atoms with Gasteiger partial charge in [0.2, 0.25) is 11.0 Å². The molecule has 5 nitrogen and oxygen atoms in total. The predicted octanol–water partition coefficient (Wildman–Crippen LogP) is 1.89. The van der Waals surface area contributed by atoms with Crippen LogP contribution in [0, 0.1) is 0 Å². The summed E-state index contributed by atoms with van der Waals surface area (Å²) in [5, 5.41) is 10.6. The van der Waals surface area contributed by atoms with Crippen molar-refractivity contribution in [1.82, 2.24) is 15.1 Å². The fraction of sp³-hybridized carbons (Fsp3) is 0.769. The molecule has 1 aliphatic heterocycles. The topological polar surface area (TPSA) is 49.3 Å². The highest BCUT2D eigenvalue weighted by Gasteiger charge is 2.23. The van der Waals surface area contributed by atoms with E-state index in [4.69, 9.17) is 0 Å². The van der Waals surface area contributed by atoms with Crippen LogP contribution in [-0.2, 0) is 10.2 Å². The summed E-state index contributed by atoms with van der Waals surface area (Å²) in [5.41, 5.74) is 0.0488. The maximum atomic E-state index is 11.4. The van der Waals surface area contributed by atoms with Crippen LogP contribution in [0.5, 0.6) is 0 Å². The number of amides is 1. The molecule has 1 aliphatic rings. The molecule has 0 radical (unpaired) electrons. The molecule has 1 aromatic heterocycles. The number of aromatic nitrogens is 2. The van der Waals surface area contributed by atoms with E-state index in [0.29, 0.717) is 0 Å². The van der Waals surface area contributed by atoms with Gasteiger partial charge in [-0.1, -0.05) is 32.1 Å². The Balaban J connectivity index is 2.06. The molecule has 0 N–H and O–H groups in total. The van der Waals surface area contributed by atoms with Crippen molar-refractivity contribution in [2.24, 2.45) is 0 Å². The van der Waals surface area contributed by atoms with Crippen molar-refractivity contribution in [2.45, 2.75) is 39.5 Å². The second-order valence-corrected chi connectivity index (χ2v) is 6.94. The highest BCUT2D eigenvalue weighted by molar-refractivity contribution is 7.15. The molecule has 1 saturated heterocycles. The second kappa shape index (κ2) is 5.45. The van der Waals surface area contributed by atoms with E-state index in [-0.39, 0.29) is 11.3 Å². The molecule has 0 bridgehead atoms. The monoisotopic (exact) mass is 282 g/mol. The van der Waals surface area contributed by atoms with Crippen molar-refractivity contribution in [3.05, 3.63) is 5.01 Å². The molecule has 0 saturated carbocycles. The standard InChI is InChI=1S/C13H22N4OS/c1-10(18)16-6-5-7-17(9-8-16)12-15-14-11(19-12)13(2,3)4/h5-9H2,1-4H3. The van der Waals surface area contributed by atoms with Crippen molar-refractivity contribution in [2.75, 3.05) is 31.1 Å². The van der Waals surface area contributed by atoms with Crippen molar-refractivity contribution in [1.29, 1.82) is 0 Å². The van der Waals surface area contributed by atoms with E-state index in [1.165, 1.54) is 0 Å². The number of hydrogen-bond acceptors (Lipinski definition) is 5. The molecule has 6 heteroatoms. The number of anilines is 1. The molecule has 2 heterocycles. The fourth-order valence-electron chi connectivity index (χ4n) is 2.07. The number of carbonyl (C=O) groups excluding carboxylic acids is 1. The molecule has 0 unspecified atom stereocenters. The highest BCUT2D eigenvalue weighted by Crippen LogP contribution is 2.30. The lowest BCUT2D eigenvalue weighted by Gasteiger charge is -2.20. The summed E-state index contributed by atoms with van der Waals surface area (Å²) in [4.78, 5) is 15.6. The van der Waals surface area contributed by atoms with Crippen LogP contribution in [-0.4, -0.2) is 47.2 Å². The minimum absolute atomic E-state index is 0.0488. The van der Waals surface area contributed by atoms with Crippen molar-refractivity contribution < 1.29 is 4.79 Å². The average molecular weight is 282 g/mol. The van der Waals surface area contributed by atoms with Gasteiger partial charge in [-0.25, -0.2) is 0 Å². The minimum atomic E-state index is 0.0488. The minimum Gasteiger partial charge on any atom is -0.345 e. The van der Waals surface area contributed by atoms with Gasteiger partial charge in [0, 0.05) is 38.5 Å². The number of rotatable bonds is 1. The van der Waals surface area contributed by atoms with E-state index in [1.54, 1.807) is 18.3 Å². The first kappa shape index (κ1) is 14.2. The summed E-state index contributed by atoms with van der Waals surface area (Å²) >= 11 is 1.67. The summed E-state index contributed by atoms with van der Waals surface area (Å²) in [6.07, 6.45) is 0.990. The SMILES string of the molecule is CC(=O)N1CCCN(c2nnc(C(C)(C)C)s2)CC1. The lowest BCUT2D eigenvalue weighted by Crippen LogP contribution is -2.33. The maximum Gasteiger partial charge on any atom is 0.219 e. The van der Waals surface area contributed by atoms with E-state index < -0.39 is 0 Å². The summed E-state index contributed by atoms with van der Waals surface area (Å²) in [6.45, 7) is 11.5. The summed E-state index contributed by atoms with van der Waals surface area (Å²) in [5.74, 6) is 0.162. The Morgan fingerprint density at radius 3 is 2.47 bits per heavy atom. The van der Waals surface area contributed by atoms with E-state index in [0.717, 1.165) is 42.7 Å². The van der Waals surface area contributed by atoms with Crippen molar-refractivity contribution >= 4 is 22.4 Å². The summed E-state index contributed by atoms with van der Waals surface area (Å²) in [7, 11) is 0. The van der Waals surface area contributed by atoms with Gasteiger partial charge in [0.1, 0.15) is 5.01 Å². The normalized spacial score (nSPS) is 17.5. The summed E-state index contributed by atoms with van der Waals surface area (Å²) < 4.78 is 0. The van der Waals surface area contributed by atoms with Crippen LogP contribution in [0.15, 0.2) is 0 Å². The van der Waals surface area contributed by atoms with Crippen LogP contribution < -0.4 is 4.90 Å². The number of carbonyl (C=O) groups is 1. The first-order valence-electron chi connectivity index (χ1n) is 6.72. The molecule has 0 atom stereocenters. The maximum absolute atomic E-state index is 11.4. The van der Waals surface area contributed by atoms with Crippen LogP contribution >= 0.6 is 11.3 Å². The third kappa shape index (κ3) is 3.43. The molecule has 106 valence electrons. The lowest BCUT2D eigenvalue weighted by atomic mass is 9.98. The Labute approximate surface area is 118 Å². The Hall–Kier alpha value is -1.17. The molecule has 1 aromatic rings. The molecule has 2 rings (SSSR count). The second-order valence-electron chi connectivity index (χ2n) is 5.99. The lowest BCUT2D eigenvalue weighted by molar-refractivity contribution is -0.128. The quantitative estimate of drug-likeness (QED) is 0.789. The van der Waals surface area contributed by atoms with Gasteiger partial charge >= 0.3 is 0 Å². The largest absolute Gasteiger partial charge is 0.345 e. The molecule has 0 spiro atoms. The predicted molar refractivity (Wildman–Crippen MR) is 77.7 cm³/mol. The Morgan fingerprint density at radius 1 is 1.16 bits per heavy atom. The summed E-state index contributed by atoms with van der Waals surface area (Å²) in [6, 6.07) is 0. The number of hydrogen-bond donors (Lipinski definition) is 0. The zero-order chi connectivity index (χ0) is 14.0. The molecule has 0 aromatic carbocycles. The van der Waals surface area contributed by atoms with Crippen molar-refractivity contribution in [3.63, 3.8) is 0 Å². The zero-order valence-electron chi connectivity index (χ0n) is 12.1. The van der Waals surface area contributed by atoms with Gasteiger partial charge in [-0.15, -0.1) is 10.2 Å².